The van der Waals surface area contributed by atoms with Crippen molar-refractivity contribution in [3.63, 3.8) is 0 Å². The van der Waals surface area contributed by atoms with Crippen molar-refractivity contribution in [2.24, 2.45) is 0 Å². The summed E-state index contributed by atoms with van der Waals surface area (Å²) in [6, 6.07) is 5.43. The quantitative estimate of drug-likeness (QED) is 0.357. The highest BCUT2D eigenvalue weighted by atomic mass is 16.4. The van der Waals surface area contributed by atoms with Crippen molar-refractivity contribution in [2.75, 3.05) is 28.6 Å². The fourth-order valence-corrected chi connectivity index (χ4v) is 3.41. The van der Waals surface area contributed by atoms with Crippen LogP contribution in [0.3, 0.4) is 0 Å². The Bertz CT molecular complexity index is 1100. The van der Waals surface area contributed by atoms with Gasteiger partial charge in [-0.05, 0) is 50.8 Å². The predicted octanol–water partition coefficient (Wildman–Crippen LogP) is 2.47. The molecule has 5 radical (unpaired) electrons. The van der Waals surface area contributed by atoms with Gasteiger partial charge in [0, 0.05) is 42.9 Å². The van der Waals surface area contributed by atoms with Crippen LogP contribution in [0, 0.1) is 31.6 Å². The van der Waals surface area contributed by atoms with E-state index in [1.807, 2.05) is 44.7 Å². The maximum atomic E-state index is 12.4. The normalized spacial score (nSPS) is 13.5. The predicted molar refractivity (Wildman–Crippen MR) is 129 cm³/mol. The number of aromatic nitrogens is 2. The Morgan fingerprint density at radius 2 is 1.51 bits per heavy atom. The molecule has 2 aromatic rings. The molecule has 0 unspecified atom stereocenters. The number of benzene rings is 1. The molecule has 0 atom stereocenters. The molecule has 1 heterocycles. The number of carbonyl (C=O) groups is 4. The van der Waals surface area contributed by atoms with Gasteiger partial charge in [0.05, 0.1) is 18.4 Å². The van der Waals surface area contributed by atoms with E-state index in [1.165, 1.54) is 0 Å². The number of nitrogens with one attached hydrogen (secondary N) is 2. The van der Waals surface area contributed by atoms with Crippen LogP contribution in [0.1, 0.15) is 32.6 Å². The second kappa shape index (κ2) is 12.1. The summed E-state index contributed by atoms with van der Waals surface area (Å²) in [6.45, 7) is 3.41. The SMILES string of the molecule is CCN(C[C]1[CH][CH][CH][CH]1)c1ccc2nc(NC(=O)CCC(=O)O)nc(NC(=O)CCC(=O)O)c2c1. The van der Waals surface area contributed by atoms with Crippen LogP contribution >= 0.6 is 0 Å². The van der Waals surface area contributed by atoms with E-state index in [1.54, 1.807) is 6.07 Å². The largest absolute Gasteiger partial charge is 0.481 e. The van der Waals surface area contributed by atoms with Crippen molar-refractivity contribution in [2.45, 2.75) is 32.6 Å². The van der Waals surface area contributed by atoms with Gasteiger partial charge in [0.15, 0.2) is 0 Å². The van der Waals surface area contributed by atoms with E-state index in [0.29, 0.717) is 17.4 Å². The summed E-state index contributed by atoms with van der Waals surface area (Å²) in [5, 5.41) is 23.2. The molecule has 183 valence electrons. The average Bonchev–Trinajstić information content (AvgIpc) is 3.33. The third-order valence-electron chi connectivity index (χ3n) is 5.17. The van der Waals surface area contributed by atoms with Gasteiger partial charge in [0.25, 0.3) is 0 Å². The van der Waals surface area contributed by atoms with Crippen LogP contribution in [0.4, 0.5) is 17.5 Å². The van der Waals surface area contributed by atoms with Crippen molar-refractivity contribution < 1.29 is 29.4 Å². The van der Waals surface area contributed by atoms with Crippen molar-refractivity contribution in [3.05, 3.63) is 49.8 Å². The van der Waals surface area contributed by atoms with Gasteiger partial charge in [-0.25, -0.2) is 4.98 Å². The number of amides is 2. The van der Waals surface area contributed by atoms with E-state index < -0.39 is 23.8 Å². The lowest BCUT2D eigenvalue weighted by atomic mass is 10.1. The van der Waals surface area contributed by atoms with E-state index in [-0.39, 0.29) is 37.4 Å². The van der Waals surface area contributed by atoms with Crippen molar-refractivity contribution >= 4 is 52.1 Å². The van der Waals surface area contributed by atoms with Gasteiger partial charge in [-0.2, -0.15) is 4.98 Å². The van der Waals surface area contributed by atoms with Crippen molar-refractivity contribution in [3.8, 4) is 0 Å². The second-order valence-corrected chi connectivity index (χ2v) is 7.79. The first-order chi connectivity index (χ1) is 16.7. The number of anilines is 3. The Labute approximate surface area is 202 Å². The van der Waals surface area contributed by atoms with E-state index >= 15 is 0 Å². The topological polar surface area (TPSA) is 162 Å². The van der Waals surface area contributed by atoms with Crippen LogP contribution in [-0.4, -0.2) is 57.0 Å². The van der Waals surface area contributed by atoms with Crippen molar-refractivity contribution in [1.82, 2.24) is 9.97 Å². The lowest BCUT2D eigenvalue weighted by Crippen LogP contribution is -2.27. The Balaban J connectivity index is 1.91. The first kappa shape index (κ1) is 25.9. The highest BCUT2D eigenvalue weighted by Crippen LogP contribution is 2.30. The maximum Gasteiger partial charge on any atom is 0.303 e. The average molecular weight is 481 g/mol. The Hall–Kier alpha value is -3.76. The first-order valence-corrected chi connectivity index (χ1v) is 11.1. The minimum atomic E-state index is -1.11. The van der Waals surface area contributed by atoms with Gasteiger partial charge in [-0.3, -0.25) is 24.5 Å². The second-order valence-electron chi connectivity index (χ2n) is 7.79. The first-order valence-electron chi connectivity index (χ1n) is 11.1. The van der Waals surface area contributed by atoms with Gasteiger partial charge in [0.1, 0.15) is 5.82 Å². The Kier molecular flexibility index (Phi) is 8.93. The molecule has 0 spiro atoms. The summed E-state index contributed by atoms with van der Waals surface area (Å²) in [5.41, 5.74) is 1.30. The fourth-order valence-electron chi connectivity index (χ4n) is 3.41. The molecule has 1 saturated carbocycles. The zero-order valence-electron chi connectivity index (χ0n) is 19.2. The van der Waals surface area contributed by atoms with Gasteiger partial charge < -0.3 is 20.4 Å². The standard InChI is InChI=1S/C24H26N5O6/c1-2-29(14-15-5-3-4-6-15)16-7-8-18-17(13-16)23(26-19(30)9-11-21(32)33)28-24(25-18)27-20(31)10-12-22(34)35/h3-8,13H,2,9-12,14H2,1H3,(H,32,33)(H,34,35)(H2,25,26,27,28,30,31). The molecule has 1 aromatic heterocycles. The highest BCUT2D eigenvalue weighted by molar-refractivity contribution is 6.02. The van der Waals surface area contributed by atoms with Gasteiger partial charge >= 0.3 is 11.9 Å². The van der Waals surface area contributed by atoms with Crippen LogP contribution < -0.4 is 15.5 Å². The molecule has 0 saturated heterocycles. The summed E-state index contributed by atoms with van der Waals surface area (Å²) < 4.78 is 0. The number of hydrogen-bond acceptors (Lipinski definition) is 7. The van der Waals surface area contributed by atoms with Gasteiger partial charge in [-0.1, -0.05) is 0 Å². The highest BCUT2D eigenvalue weighted by Gasteiger charge is 2.21. The number of carboxylic acid groups (broad SMARTS) is 2. The molecule has 1 aliphatic rings. The number of aliphatic carboxylic acids is 2. The van der Waals surface area contributed by atoms with Crippen molar-refractivity contribution in [1.29, 1.82) is 0 Å². The summed E-state index contributed by atoms with van der Waals surface area (Å²) >= 11 is 0. The van der Waals surface area contributed by atoms with E-state index in [0.717, 1.165) is 18.2 Å². The molecule has 1 fully saturated rings. The molecule has 11 heteroatoms. The third kappa shape index (κ3) is 7.62. The summed E-state index contributed by atoms with van der Waals surface area (Å²) in [6.07, 6.45) is 6.78. The third-order valence-corrected chi connectivity index (χ3v) is 5.17. The van der Waals surface area contributed by atoms with Gasteiger partial charge in [0.2, 0.25) is 17.8 Å². The van der Waals surface area contributed by atoms with Crippen LogP contribution in [0.25, 0.3) is 10.9 Å². The maximum absolute atomic E-state index is 12.4. The monoisotopic (exact) mass is 480 g/mol. The molecule has 11 nitrogen and oxygen atoms in total. The van der Waals surface area contributed by atoms with Crippen LogP contribution in [0.15, 0.2) is 18.2 Å². The molecular weight excluding hydrogens is 454 g/mol. The Morgan fingerprint density at radius 1 is 0.886 bits per heavy atom. The summed E-state index contributed by atoms with van der Waals surface area (Å²) in [4.78, 5) is 56.7. The minimum Gasteiger partial charge on any atom is -0.481 e. The molecule has 4 N–H and O–H groups in total. The van der Waals surface area contributed by atoms with Crippen LogP contribution in [0.5, 0.6) is 0 Å². The zero-order valence-corrected chi connectivity index (χ0v) is 19.2. The van der Waals surface area contributed by atoms with Crippen LogP contribution in [-0.2, 0) is 19.2 Å². The number of fused-ring (bicyclic) bond motifs is 1. The molecule has 2 amide bonds. The number of nitrogens with zero attached hydrogens (tertiary/aromatic N) is 3. The van der Waals surface area contributed by atoms with Crippen LogP contribution in [0.2, 0.25) is 0 Å². The number of rotatable bonds is 12. The molecule has 1 aromatic carbocycles. The summed E-state index contributed by atoms with van der Waals surface area (Å²) in [5.74, 6) is -2.19. The molecule has 3 rings (SSSR count). The van der Waals surface area contributed by atoms with E-state index in [2.05, 4.69) is 25.5 Å². The summed E-state index contributed by atoms with van der Waals surface area (Å²) in [7, 11) is 0. The molecule has 1 aliphatic carbocycles. The minimum absolute atomic E-state index is 0.0988. The zero-order chi connectivity index (χ0) is 25.4. The number of hydrogen-bond donors (Lipinski definition) is 4. The lowest BCUT2D eigenvalue weighted by molar-refractivity contribution is -0.138. The number of carboxylic acids is 2. The van der Waals surface area contributed by atoms with Gasteiger partial charge in [-0.15, -0.1) is 0 Å². The molecule has 35 heavy (non-hydrogen) atoms. The number of carbonyl (C=O) groups excluding carboxylic acids is 2. The molecular formula is C24H26N5O6. The Morgan fingerprint density at radius 3 is 2.11 bits per heavy atom. The smallest absolute Gasteiger partial charge is 0.303 e. The molecule has 0 bridgehead atoms. The lowest BCUT2D eigenvalue weighted by Gasteiger charge is -2.26. The van der Waals surface area contributed by atoms with E-state index in [9.17, 15) is 19.2 Å². The fraction of sp³-hybridized carbons (Fsp3) is 0.292. The molecule has 0 aliphatic heterocycles. The van der Waals surface area contributed by atoms with E-state index in [4.69, 9.17) is 10.2 Å².